The Kier molecular flexibility index (Phi) is 9.61. The fourth-order valence-corrected chi connectivity index (χ4v) is 4.07. The van der Waals surface area contributed by atoms with Crippen LogP contribution >= 0.6 is 24.0 Å². The highest BCUT2D eigenvalue weighted by molar-refractivity contribution is 14.0. The molecule has 0 aliphatic carbocycles. The van der Waals surface area contributed by atoms with Gasteiger partial charge in [-0.2, -0.15) is 5.10 Å². The van der Waals surface area contributed by atoms with E-state index in [1.54, 1.807) is 0 Å². The number of ether oxygens (including phenoxy) is 1. The number of halogens is 1. The van der Waals surface area contributed by atoms with Crippen LogP contribution in [0.2, 0.25) is 0 Å². The zero-order chi connectivity index (χ0) is 20.7. The summed E-state index contributed by atoms with van der Waals surface area (Å²) in [5.74, 6) is 0.979. The predicted molar refractivity (Wildman–Crippen MR) is 134 cm³/mol. The van der Waals surface area contributed by atoms with E-state index in [1.807, 2.05) is 24.1 Å². The van der Waals surface area contributed by atoms with E-state index in [-0.39, 0.29) is 35.5 Å². The molecule has 1 N–H and O–H groups in total. The van der Waals surface area contributed by atoms with Crippen LogP contribution in [-0.4, -0.2) is 53.4 Å². The minimum atomic E-state index is 0. The fraction of sp³-hybridized carbons (Fsp3) is 0.565. The molecule has 1 atom stereocenters. The van der Waals surface area contributed by atoms with Crippen LogP contribution in [0.5, 0.6) is 0 Å². The number of benzene rings is 1. The van der Waals surface area contributed by atoms with Crippen molar-refractivity contribution in [2.24, 2.45) is 12.0 Å². The molecule has 0 bridgehead atoms. The number of morpholine rings is 1. The lowest BCUT2D eigenvalue weighted by Crippen LogP contribution is -2.48. The number of rotatable bonds is 7. The third-order valence-corrected chi connectivity index (χ3v) is 6.07. The molecule has 166 valence electrons. The second-order valence-corrected chi connectivity index (χ2v) is 7.78. The molecular formula is C23H36IN5O. The Labute approximate surface area is 198 Å². The van der Waals surface area contributed by atoms with E-state index in [1.165, 1.54) is 5.56 Å². The van der Waals surface area contributed by atoms with Gasteiger partial charge in [0.05, 0.1) is 25.9 Å². The minimum absolute atomic E-state index is 0. The molecule has 0 saturated carbocycles. The molecular weight excluding hydrogens is 489 g/mol. The first-order valence-electron chi connectivity index (χ1n) is 10.8. The summed E-state index contributed by atoms with van der Waals surface area (Å²) in [5.41, 5.74) is 2.56. The SMILES string of the molecule is CCNC(=NCC(CC)(CC)c1ccccc1)N1CCOC(c2cnn(C)c2)C1.I. The number of aryl methyl sites for hydroxylation is 1. The van der Waals surface area contributed by atoms with Gasteiger partial charge in [-0.3, -0.25) is 9.67 Å². The number of hydrogen-bond donors (Lipinski definition) is 1. The molecule has 1 aliphatic heterocycles. The number of aliphatic imine (C=N–C) groups is 1. The molecule has 2 aromatic rings. The molecule has 0 spiro atoms. The Balaban J connectivity index is 0.00000320. The van der Waals surface area contributed by atoms with E-state index in [4.69, 9.17) is 9.73 Å². The number of nitrogens with zero attached hydrogens (tertiary/aromatic N) is 4. The monoisotopic (exact) mass is 525 g/mol. The van der Waals surface area contributed by atoms with E-state index >= 15 is 0 Å². The molecule has 0 radical (unpaired) electrons. The molecule has 1 aromatic heterocycles. The fourth-order valence-electron chi connectivity index (χ4n) is 4.07. The maximum atomic E-state index is 6.02. The highest BCUT2D eigenvalue weighted by Crippen LogP contribution is 2.32. The van der Waals surface area contributed by atoms with Gasteiger partial charge in [0.25, 0.3) is 0 Å². The Bertz CT molecular complexity index is 788. The number of guanidine groups is 1. The zero-order valence-electron chi connectivity index (χ0n) is 18.7. The molecule has 2 heterocycles. The Morgan fingerprint density at radius 2 is 1.97 bits per heavy atom. The lowest BCUT2D eigenvalue weighted by molar-refractivity contribution is -0.00808. The first-order valence-corrected chi connectivity index (χ1v) is 10.8. The molecule has 7 heteroatoms. The van der Waals surface area contributed by atoms with Crippen LogP contribution in [0.25, 0.3) is 0 Å². The van der Waals surface area contributed by atoms with Gasteiger partial charge in [-0.25, -0.2) is 0 Å². The third kappa shape index (κ3) is 5.75. The van der Waals surface area contributed by atoms with Crippen LogP contribution in [0.15, 0.2) is 47.7 Å². The van der Waals surface area contributed by atoms with Gasteiger partial charge in [0.2, 0.25) is 0 Å². The summed E-state index contributed by atoms with van der Waals surface area (Å²) in [6.45, 7) is 10.6. The minimum Gasteiger partial charge on any atom is -0.370 e. The van der Waals surface area contributed by atoms with Crippen LogP contribution in [0.3, 0.4) is 0 Å². The standard InChI is InChI=1S/C23H35N5O.HI/c1-5-23(6-2,20-11-9-8-10-12-20)18-25-22(24-7-3)28-13-14-29-21(17-28)19-15-26-27(4)16-19;/h8-12,15-16,21H,5-7,13-14,17-18H2,1-4H3,(H,24,25);1H. The molecule has 3 rings (SSSR count). The molecule has 1 aliphatic rings. The van der Waals surface area contributed by atoms with Gasteiger partial charge in [0.15, 0.2) is 5.96 Å². The van der Waals surface area contributed by atoms with Gasteiger partial charge in [-0.1, -0.05) is 44.2 Å². The van der Waals surface area contributed by atoms with Gasteiger partial charge in [-0.05, 0) is 25.3 Å². The van der Waals surface area contributed by atoms with E-state index in [0.29, 0.717) is 6.61 Å². The largest absolute Gasteiger partial charge is 0.370 e. The maximum Gasteiger partial charge on any atom is 0.194 e. The van der Waals surface area contributed by atoms with Crippen molar-refractivity contribution in [2.75, 3.05) is 32.8 Å². The van der Waals surface area contributed by atoms with Gasteiger partial charge in [-0.15, -0.1) is 24.0 Å². The van der Waals surface area contributed by atoms with E-state index in [2.05, 4.69) is 66.4 Å². The van der Waals surface area contributed by atoms with Crippen molar-refractivity contribution < 1.29 is 4.74 Å². The summed E-state index contributed by atoms with van der Waals surface area (Å²) in [6, 6.07) is 10.8. The van der Waals surface area contributed by atoms with E-state index < -0.39 is 0 Å². The van der Waals surface area contributed by atoms with Crippen LogP contribution in [0.1, 0.15) is 50.8 Å². The number of hydrogen-bond acceptors (Lipinski definition) is 3. The van der Waals surface area contributed by atoms with Gasteiger partial charge in [0, 0.05) is 37.3 Å². The summed E-state index contributed by atoms with van der Waals surface area (Å²) in [7, 11) is 1.94. The third-order valence-electron chi connectivity index (χ3n) is 6.07. The van der Waals surface area contributed by atoms with Crippen LogP contribution in [-0.2, 0) is 17.2 Å². The van der Waals surface area contributed by atoms with Crippen molar-refractivity contribution in [1.29, 1.82) is 0 Å². The summed E-state index contributed by atoms with van der Waals surface area (Å²) >= 11 is 0. The van der Waals surface area contributed by atoms with E-state index in [0.717, 1.165) is 50.5 Å². The summed E-state index contributed by atoms with van der Waals surface area (Å²) < 4.78 is 7.84. The molecule has 1 aromatic carbocycles. The highest BCUT2D eigenvalue weighted by atomic mass is 127. The van der Waals surface area contributed by atoms with Crippen molar-refractivity contribution in [3.63, 3.8) is 0 Å². The number of aromatic nitrogens is 2. The van der Waals surface area contributed by atoms with Crippen molar-refractivity contribution >= 4 is 29.9 Å². The second-order valence-electron chi connectivity index (χ2n) is 7.78. The molecule has 1 fully saturated rings. The van der Waals surface area contributed by atoms with E-state index in [9.17, 15) is 0 Å². The second kappa shape index (κ2) is 11.7. The number of nitrogens with one attached hydrogen (secondary N) is 1. The molecule has 6 nitrogen and oxygen atoms in total. The van der Waals surface area contributed by atoms with Crippen LogP contribution < -0.4 is 5.32 Å². The summed E-state index contributed by atoms with van der Waals surface area (Å²) in [4.78, 5) is 7.44. The molecule has 1 saturated heterocycles. The van der Waals surface area contributed by atoms with Crippen LogP contribution in [0.4, 0.5) is 0 Å². The zero-order valence-corrected chi connectivity index (χ0v) is 21.0. The van der Waals surface area contributed by atoms with Crippen molar-refractivity contribution in [3.05, 3.63) is 53.9 Å². The van der Waals surface area contributed by atoms with Gasteiger partial charge in [0.1, 0.15) is 6.10 Å². The Hall–Kier alpha value is -1.61. The Morgan fingerprint density at radius 3 is 2.57 bits per heavy atom. The first-order chi connectivity index (χ1) is 14.1. The first kappa shape index (κ1) is 24.7. The maximum absolute atomic E-state index is 6.02. The smallest absolute Gasteiger partial charge is 0.194 e. The quantitative estimate of drug-likeness (QED) is 0.336. The normalized spacial score (nSPS) is 17.5. The van der Waals surface area contributed by atoms with Crippen LogP contribution in [0, 0.1) is 0 Å². The predicted octanol–water partition coefficient (Wildman–Crippen LogP) is 4.13. The van der Waals surface area contributed by atoms with Crippen molar-refractivity contribution in [3.8, 4) is 0 Å². The van der Waals surface area contributed by atoms with Gasteiger partial charge < -0.3 is 15.0 Å². The van der Waals surface area contributed by atoms with Gasteiger partial charge >= 0.3 is 0 Å². The lowest BCUT2D eigenvalue weighted by atomic mass is 9.76. The Morgan fingerprint density at radius 1 is 1.23 bits per heavy atom. The molecule has 30 heavy (non-hydrogen) atoms. The van der Waals surface area contributed by atoms with Crippen molar-refractivity contribution in [2.45, 2.75) is 45.1 Å². The lowest BCUT2D eigenvalue weighted by Gasteiger charge is -2.36. The summed E-state index contributed by atoms with van der Waals surface area (Å²) in [5, 5.41) is 7.80. The molecule has 0 amide bonds. The molecule has 1 unspecified atom stereocenters. The summed E-state index contributed by atoms with van der Waals surface area (Å²) in [6.07, 6.45) is 6.09. The average molecular weight is 525 g/mol. The van der Waals surface area contributed by atoms with Crippen molar-refractivity contribution in [1.82, 2.24) is 20.0 Å². The topological polar surface area (TPSA) is 54.7 Å². The highest BCUT2D eigenvalue weighted by Gasteiger charge is 2.30. The average Bonchev–Trinajstić information content (AvgIpc) is 3.21.